The number of amides is 1. The molecular weight excluding hydrogens is 308 g/mol. The number of rotatable bonds is 5. The molecule has 1 fully saturated rings. The van der Waals surface area contributed by atoms with Crippen molar-refractivity contribution >= 4 is 5.91 Å². The third-order valence-corrected chi connectivity index (χ3v) is 5.21. The Labute approximate surface area is 151 Å². The lowest BCUT2D eigenvalue weighted by atomic mass is 9.86. The standard InChI is InChI=1S/C22H28N2O/c1-17-8-10-20(11-9-17)15-23-22-12-13-24(18(2)25)16-21(22)14-19-6-4-3-5-7-19/h3-11,21-23H,12-16H2,1-2H3/t21-,22+/m1/s1. The minimum atomic E-state index is 0.190. The highest BCUT2D eigenvalue weighted by atomic mass is 16.2. The van der Waals surface area contributed by atoms with Crippen LogP contribution in [-0.2, 0) is 17.8 Å². The molecule has 0 aliphatic carbocycles. The highest BCUT2D eigenvalue weighted by Crippen LogP contribution is 2.22. The van der Waals surface area contributed by atoms with Crippen molar-refractivity contribution in [1.29, 1.82) is 0 Å². The van der Waals surface area contributed by atoms with Crippen LogP contribution in [0.4, 0.5) is 0 Å². The van der Waals surface area contributed by atoms with Crippen molar-refractivity contribution in [3.63, 3.8) is 0 Å². The summed E-state index contributed by atoms with van der Waals surface area (Å²) in [6.07, 6.45) is 2.03. The van der Waals surface area contributed by atoms with Gasteiger partial charge in [-0.15, -0.1) is 0 Å². The molecule has 0 saturated carbocycles. The Kier molecular flexibility index (Phi) is 5.87. The molecule has 1 N–H and O–H groups in total. The monoisotopic (exact) mass is 336 g/mol. The highest BCUT2D eigenvalue weighted by molar-refractivity contribution is 5.73. The fraction of sp³-hybridized carbons (Fsp3) is 0.409. The van der Waals surface area contributed by atoms with E-state index in [0.717, 1.165) is 32.5 Å². The molecule has 3 rings (SSSR count). The number of carbonyl (C=O) groups excluding carboxylic acids is 1. The average molecular weight is 336 g/mol. The summed E-state index contributed by atoms with van der Waals surface area (Å²) < 4.78 is 0. The van der Waals surface area contributed by atoms with Gasteiger partial charge >= 0.3 is 0 Å². The summed E-state index contributed by atoms with van der Waals surface area (Å²) in [7, 11) is 0. The van der Waals surface area contributed by atoms with Crippen molar-refractivity contribution in [2.24, 2.45) is 5.92 Å². The van der Waals surface area contributed by atoms with Gasteiger partial charge in [0.05, 0.1) is 0 Å². The molecule has 2 aromatic rings. The summed E-state index contributed by atoms with van der Waals surface area (Å²) in [5.41, 5.74) is 3.96. The maximum Gasteiger partial charge on any atom is 0.219 e. The van der Waals surface area contributed by atoms with Crippen LogP contribution in [0.1, 0.15) is 30.0 Å². The maximum atomic E-state index is 11.8. The van der Waals surface area contributed by atoms with E-state index in [9.17, 15) is 4.79 Å². The second kappa shape index (κ2) is 8.30. The SMILES string of the molecule is CC(=O)N1CC[C@H](NCc2ccc(C)cc2)[C@H](Cc2ccccc2)C1. The number of nitrogens with zero attached hydrogens (tertiary/aromatic N) is 1. The van der Waals surface area contributed by atoms with Gasteiger partial charge in [-0.25, -0.2) is 0 Å². The van der Waals surface area contributed by atoms with E-state index in [1.54, 1.807) is 6.92 Å². The van der Waals surface area contributed by atoms with Gasteiger partial charge in [0.25, 0.3) is 0 Å². The van der Waals surface area contributed by atoms with Gasteiger partial charge in [0.15, 0.2) is 0 Å². The molecule has 132 valence electrons. The van der Waals surface area contributed by atoms with Crippen LogP contribution in [0, 0.1) is 12.8 Å². The molecule has 0 spiro atoms. The van der Waals surface area contributed by atoms with E-state index in [4.69, 9.17) is 0 Å². The van der Waals surface area contributed by atoms with E-state index in [1.807, 2.05) is 4.90 Å². The molecule has 2 atom stereocenters. The Morgan fingerprint density at radius 2 is 1.80 bits per heavy atom. The number of piperidine rings is 1. The molecule has 1 heterocycles. The van der Waals surface area contributed by atoms with Crippen molar-refractivity contribution < 1.29 is 4.79 Å². The van der Waals surface area contributed by atoms with Crippen LogP contribution in [-0.4, -0.2) is 29.9 Å². The molecule has 1 aliphatic heterocycles. The molecule has 25 heavy (non-hydrogen) atoms. The lowest BCUT2D eigenvalue weighted by Crippen LogP contribution is -2.51. The van der Waals surface area contributed by atoms with Gasteiger partial charge < -0.3 is 10.2 Å². The summed E-state index contributed by atoms with van der Waals surface area (Å²) in [6.45, 7) is 6.38. The molecule has 3 heteroatoms. The fourth-order valence-corrected chi connectivity index (χ4v) is 3.67. The molecule has 3 nitrogen and oxygen atoms in total. The molecule has 0 radical (unpaired) electrons. The average Bonchev–Trinajstić information content (AvgIpc) is 2.63. The molecule has 0 bridgehead atoms. The molecule has 0 unspecified atom stereocenters. The highest BCUT2D eigenvalue weighted by Gasteiger charge is 2.30. The molecule has 2 aromatic carbocycles. The fourth-order valence-electron chi connectivity index (χ4n) is 3.67. The van der Waals surface area contributed by atoms with E-state index in [-0.39, 0.29) is 5.91 Å². The van der Waals surface area contributed by atoms with Crippen LogP contribution in [0.15, 0.2) is 54.6 Å². The molecule has 1 amide bonds. The van der Waals surface area contributed by atoms with Gasteiger partial charge in [-0.05, 0) is 36.8 Å². The van der Waals surface area contributed by atoms with E-state index >= 15 is 0 Å². The first-order chi connectivity index (χ1) is 12.1. The second-order valence-corrected chi connectivity index (χ2v) is 7.18. The normalized spacial score (nSPS) is 20.5. The van der Waals surface area contributed by atoms with E-state index in [1.165, 1.54) is 16.7 Å². The lowest BCUT2D eigenvalue weighted by Gasteiger charge is -2.39. The van der Waals surface area contributed by atoms with Gasteiger partial charge in [0.1, 0.15) is 0 Å². The van der Waals surface area contributed by atoms with Gasteiger partial charge in [-0.2, -0.15) is 0 Å². The Morgan fingerprint density at radius 3 is 2.48 bits per heavy atom. The molecular formula is C22H28N2O. The Bertz CT molecular complexity index is 681. The predicted molar refractivity (Wildman–Crippen MR) is 102 cm³/mol. The Morgan fingerprint density at radius 1 is 1.08 bits per heavy atom. The van der Waals surface area contributed by atoms with Crippen LogP contribution in [0.2, 0.25) is 0 Å². The topological polar surface area (TPSA) is 32.3 Å². The van der Waals surface area contributed by atoms with Crippen LogP contribution in [0.5, 0.6) is 0 Å². The number of hydrogen-bond donors (Lipinski definition) is 1. The van der Waals surface area contributed by atoms with Crippen molar-refractivity contribution in [2.75, 3.05) is 13.1 Å². The number of benzene rings is 2. The summed E-state index contributed by atoms with van der Waals surface area (Å²) in [4.78, 5) is 13.8. The largest absolute Gasteiger partial charge is 0.343 e. The van der Waals surface area contributed by atoms with E-state index < -0.39 is 0 Å². The molecule has 0 aromatic heterocycles. The van der Waals surface area contributed by atoms with Crippen LogP contribution in [0.3, 0.4) is 0 Å². The zero-order valence-electron chi connectivity index (χ0n) is 15.2. The summed E-state index contributed by atoms with van der Waals surface area (Å²) >= 11 is 0. The third-order valence-electron chi connectivity index (χ3n) is 5.21. The predicted octanol–water partition coefficient (Wildman–Crippen LogP) is 3.56. The van der Waals surface area contributed by atoms with Crippen LogP contribution < -0.4 is 5.32 Å². The molecule has 1 saturated heterocycles. The van der Waals surface area contributed by atoms with Crippen molar-refractivity contribution in [3.05, 3.63) is 71.3 Å². The van der Waals surface area contributed by atoms with E-state index in [2.05, 4.69) is 66.8 Å². The summed E-state index contributed by atoms with van der Waals surface area (Å²) in [5.74, 6) is 0.639. The van der Waals surface area contributed by atoms with Gasteiger partial charge in [-0.1, -0.05) is 60.2 Å². The number of aryl methyl sites for hydroxylation is 1. The second-order valence-electron chi connectivity index (χ2n) is 7.18. The van der Waals surface area contributed by atoms with Crippen LogP contribution >= 0.6 is 0 Å². The zero-order valence-corrected chi connectivity index (χ0v) is 15.2. The lowest BCUT2D eigenvalue weighted by molar-refractivity contribution is -0.131. The summed E-state index contributed by atoms with van der Waals surface area (Å²) in [5, 5.41) is 3.75. The first kappa shape index (κ1) is 17.7. The Balaban J connectivity index is 1.66. The maximum absolute atomic E-state index is 11.8. The number of carbonyl (C=O) groups is 1. The minimum absolute atomic E-state index is 0.190. The van der Waals surface area contributed by atoms with Crippen LogP contribution in [0.25, 0.3) is 0 Å². The van der Waals surface area contributed by atoms with Gasteiger partial charge in [0.2, 0.25) is 5.91 Å². The third kappa shape index (κ3) is 4.93. The summed E-state index contributed by atoms with van der Waals surface area (Å²) in [6, 6.07) is 19.8. The molecule has 1 aliphatic rings. The number of hydrogen-bond acceptors (Lipinski definition) is 2. The first-order valence-electron chi connectivity index (χ1n) is 9.20. The van der Waals surface area contributed by atoms with Gasteiger partial charge in [-0.3, -0.25) is 4.79 Å². The Hall–Kier alpha value is -2.13. The van der Waals surface area contributed by atoms with E-state index in [0.29, 0.717) is 12.0 Å². The van der Waals surface area contributed by atoms with Crippen molar-refractivity contribution in [1.82, 2.24) is 10.2 Å². The van der Waals surface area contributed by atoms with Gasteiger partial charge in [0, 0.05) is 32.6 Å². The number of nitrogens with one attached hydrogen (secondary N) is 1. The van der Waals surface area contributed by atoms with Crippen molar-refractivity contribution in [3.8, 4) is 0 Å². The number of likely N-dealkylation sites (tertiary alicyclic amines) is 1. The minimum Gasteiger partial charge on any atom is -0.343 e. The smallest absolute Gasteiger partial charge is 0.219 e. The zero-order chi connectivity index (χ0) is 17.6. The van der Waals surface area contributed by atoms with Crippen molar-refractivity contribution in [2.45, 2.75) is 39.3 Å². The quantitative estimate of drug-likeness (QED) is 0.905. The first-order valence-corrected chi connectivity index (χ1v) is 9.20.